The number of methoxy groups -OCH3 is 1. The minimum atomic E-state index is -0.776. The lowest BCUT2D eigenvalue weighted by molar-refractivity contribution is -0.140. The maximum Gasteiger partial charge on any atom is 0.295 e. The minimum absolute atomic E-state index is 0.0311. The van der Waals surface area contributed by atoms with Crippen molar-refractivity contribution in [1.82, 2.24) is 4.90 Å². The number of likely N-dealkylation sites (tertiary alicyclic amines) is 1. The standard InChI is InChI=1S/C28H33NO6/c1-4-6-7-17-35-22-13-11-20(12-14-22)26(30)24-25(29(15-18-33-3)28(32)27(24)31)21-9-8-10-23(19-21)34-16-5-2/h5,8-14,19,25,30H,2,4,6-7,15-18H2,1,3H3/b26-24-. The lowest BCUT2D eigenvalue weighted by Crippen LogP contribution is -2.32. The number of benzene rings is 2. The molecule has 1 unspecified atom stereocenters. The molecule has 0 saturated carbocycles. The van der Waals surface area contributed by atoms with E-state index in [-0.39, 0.29) is 24.5 Å². The summed E-state index contributed by atoms with van der Waals surface area (Å²) in [7, 11) is 1.53. The van der Waals surface area contributed by atoms with Crippen LogP contribution < -0.4 is 9.47 Å². The van der Waals surface area contributed by atoms with Gasteiger partial charge >= 0.3 is 0 Å². The molecule has 1 atom stereocenters. The van der Waals surface area contributed by atoms with Crippen LogP contribution in [0.3, 0.4) is 0 Å². The van der Waals surface area contributed by atoms with E-state index < -0.39 is 17.7 Å². The number of nitrogens with zero attached hydrogens (tertiary/aromatic N) is 1. The molecule has 0 radical (unpaired) electrons. The van der Waals surface area contributed by atoms with E-state index in [0.717, 1.165) is 19.3 Å². The van der Waals surface area contributed by atoms with Gasteiger partial charge in [0, 0.05) is 19.2 Å². The maximum atomic E-state index is 13.1. The normalized spacial score (nSPS) is 17.0. The van der Waals surface area contributed by atoms with Crippen LogP contribution in [0.5, 0.6) is 11.5 Å². The van der Waals surface area contributed by atoms with E-state index in [1.807, 2.05) is 0 Å². The number of hydrogen-bond acceptors (Lipinski definition) is 6. The van der Waals surface area contributed by atoms with Gasteiger partial charge in [0.15, 0.2) is 0 Å². The second-order valence-electron chi connectivity index (χ2n) is 8.24. The summed E-state index contributed by atoms with van der Waals surface area (Å²) >= 11 is 0. The molecule has 7 heteroatoms. The van der Waals surface area contributed by atoms with E-state index in [1.54, 1.807) is 54.6 Å². The lowest BCUT2D eigenvalue weighted by atomic mass is 9.95. The number of amides is 1. The third kappa shape index (κ3) is 6.31. The molecule has 2 aromatic carbocycles. The van der Waals surface area contributed by atoms with Gasteiger partial charge in [0.25, 0.3) is 11.7 Å². The topological polar surface area (TPSA) is 85.3 Å². The predicted octanol–water partition coefficient (Wildman–Crippen LogP) is 4.89. The molecule has 3 rings (SSSR count). The molecule has 35 heavy (non-hydrogen) atoms. The van der Waals surface area contributed by atoms with Gasteiger partial charge in [-0.05, 0) is 48.4 Å². The third-order valence-electron chi connectivity index (χ3n) is 5.76. The largest absolute Gasteiger partial charge is 0.507 e. The van der Waals surface area contributed by atoms with Crippen molar-refractivity contribution >= 4 is 17.4 Å². The van der Waals surface area contributed by atoms with Gasteiger partial charge in [0.05, 0.1) is 24.8 Å². The Morgan fingerprint density at radius 2 is 1.83 bits per heavy atom. The Morgan fingerprint density at radius 1 is 1.06 bits per heavy atom. The van der Waals surface area contributed by atoms with Crippen LogP contribution in [0.2, 0.25) is 0 Å². The molecule has 1 fully saturated rings. The molecular formula is C28H33NO6. The van der Waals surface area contributed by atoms with Gasteiger partial charge in [0.2, 0.25) is 0 Å². The molecule has 1 heterocycles. The molecule has 186 valence electrons. The SMILES string of the molecule is C=CCOc1cccc(C2/C(=C(/O)c3ccc(OCCCCC)cc3)C(=O)C(=O)N2CCOC)c1. The monoisotopic (exact) mass is 479 g/mol. The second-order valence-corrected chi connectivity index (χ2v) is 8.24. The van der Waals surface area contributed by atoms with Crippen LogP contribution >= 0.6 is 0 Å². The molecule has 7 nitrogen and oxygen atoms in total. The number of ketones is 1. The summed E-state index contributed by atoms with van der Waals surface area (Å²) in [5.41, 5.74) is 1.11. The summed E-state index contributed by atoms with van der Waals surface area (Å²) in [4.78, 5) is 27.4. The number of unbranched alkanes of at least 4 members (excludes halogenated alkanes) is 2. The summed E-state index contributed by atoms with van der Waals surface area (Å²) in [5, 5.41) is 11.2. The molecule has 1 saturated heterocycles. The van der Waals surface area contributed by atoms with Crippen molar-refractivity contribution in [2.24, 2.45) is 0 Å². The number of Topliss-reactive ketones (excluding diaryl/α,β-unsaturated/α-hetero) is 1. The fourth-order valence-electron chi connectivity index (χ4n) is 3.98. The first kappa shape index (κ1) is 26.0. The molecule has 1 aliphatic heterocycles. The van der Waals surface area contributed by atoms with Gasteiger partial charge in [-0.2, -0.15) is 0 Å². The van der Waals surface area contributed by atoms with Gasteiger partial charge in [-0.25, -0.2) is 0 Å². The number of aliphatic hydroxyl groups excluding tert-OH is 1. The number of ether oxygens (including phenoxy) is 3. The van der Waals surface area contributed by atoms with Crippen molar-refractivity contribution in [1.29, 1.82) is 0 Å². The van der Waals surface area contributed by atoms with Crippen LogP contribution in [0.15, 0.2) is 66.8 Å². The maximum absolute atomic E-state index is 13.1. The van der Waals surface area contributed by atoms with Crippen LogP contribution in [-0.2, 0) is 14.3 Å². The van der Waals surface area contributed by atoms with Crippen molar-refractivity contribution < 1.29 is 28.9 Å². The van der Waals surface area contributed by atoms with Crippen LogP contribution in [0.1, 0.15) is 43.4 Å². The highest BCUT2D eigenvalue weighted by molar-refractivity contribution is 6.46. The molecule has 1 amide bonds. The summed E-state index contributed by atoms with van der Waals surface area (Å²) in [6.45, 7) is 7.18. The highest BCUT2D eigenvalue weighted by Gasteiger charge is 2.46. The molecule has 2 aromatic rings. The number of hydrogen-bond donors (Lipinski definition) is 1. The van der Waals surface area contributed by atoms with Gasteiger partial charge < -0.3 is 24.2 Å². The predicted molar refractivity (Wildman–Crippen MR) is 134 cm³/mol. The number of rotatable bonds is 13. The van der Waals surface area contributed by atoms with E-state index in [0.29, 0.717) is 35.8 Å². The Hall–Kier alpha value is -3.58. The Kier molecular flexibility index (Phi) is 9.49. The van der Waals surface area contributed by atoms with Crippen molar-refractivity contribution in [2.45, 2.75) is 32.2 Å². The van der Waals surface area contributed by atoms with E-state index in [1.165, 1.54) is 12.0 Å². The zero-order valence-electron chi connectivity index (χ0n) is 20.4. The first-order valence-corrected chi connectivity index (χ1v) is 11.9. The fraction of sp³-hybridized carbons (Fsp3) is 0.357. The third-order valence-corrected chi connectivity index (χ3v) is 5.76. The Morgan fingerprint density at radius 3 is 2.51 bits per heavy atom. The number of aliphatic hydroxyl groups is 1. The quantitative estimate of drug-likeness (QED) is 0.145. The molecule has 0 bridgehead atoms. The fourth-order valence-corrected chi connectivity index (χ4v) is 3.98. The average molecular weight is 480 g/mol. The van der Waals surface area contributed by atoms with Crippen LogP contribution in [0, 0.1) is 0 Å². The smallest absolute Gasteiger partial charge is 0.295 e. The Balaban J connectivity index is 1.97. The zero-order valence-corrected chi connectivity index (χ0v) is 20.4. The molecule has 1 aliphatic rings. The Bertz CT molecular complexity index is 1060. The molecule has 0 spiro atoms. The van der Waals surface area contributed by atoms with Crippen molar-refractivity contribution in [2.75, 3.05) is 33.5 Å². The van der Waals surface area contributed by atoms with Gasteiger partial charge in [-0.1, -0.05) is 44.6 Å². The zero-order chi connectivity index (χ0) is 25.2. The molecule has 1 N–H and O–H groups in total. The summed E-state index contributed by atoms with van der Waals surface area (Å²) in [6.07, 6.45) is 4.82. The van der Waals surface area contributed by atoms with E-state index in [2.05, 4.69) is 13.5 Å². The van der Waals surface area contributed by atoms with Gasteiger partial charge in [-0.15, -0.1) is 0 Å². The molecular weight excluding hydrogens is 446 g/mol. The number of carbonyl (C=O) groups excluding carboxylic acids is 2. The highest BCUT2D eigenvalue weighted by Crippen LogP contribution is 2.40. The summed E-state index contributed by atoms with van der Waals surface area (Å²) < 4.78 is 16.5. The molecule has 0 aromatic heterocycles. The van der Waals surface area contributed by atoms with Crippen LogP contribution in [-0.4, -0.2) is 55.2 Å². The van der Waals surface area contributed by atoms with Gasteiger partial charge in [0.1, 0.15) is 23.9 Å². The van der Waals surface area contributed by atoms with Gasteiger partial charge in [-0.3, -0.25) is 9.59 Å². The molecule has 0 aliphatic carbocycles. The number of carbonyl (C=O) groups is 2. The first-order valence-electron chi connectivity index (χ1n) is 11.9. The first-order chi connectivity index (χ1) is 17.0. The highest BCUT2D eigenvalue weighted by atomic mass is 16.5. The summed E-state index contributed by atoms with van der Waals surface area (Å²) in [5.74, 6) is -0.392. The van der Waals surface area contributed by atoms with Crippen molar-refractivity contribution in [3.05, 3.63) is 77.9 Å². The average Bonchev–Trinajstić information content (AvgIpc) is 3.13. The van der Waals surface area contributed by atoms with Crippen molar-refractivity contribution in [3.8, 4) is 11.5 Å². The second kappa shape index (κ2) is 12.8. The Labute approximate surface area is 206 Å². The van der Waals surface area contributed by atoms with Crippen molar-refractivity contribution in [3.63, 3.8) is 0 Å². The van der Waals surface area contributed by atoms with E-state index in [9.17, 15) is 14.7 Å². The summed E-state index contributed by atoms with van der Waals surface area (Å²) in [6, 6.07) is 13.2. The van der Waals surface area contributed by atoms with Crippen LogP contribution in [0.4, 0.5) is 0 Å². The van der Waals surface area contributed by atoms with E-state index >= 15 is 0 Å². The minimum Gasteiger partial charge on any atom is -0.507 e. The lowest BCUT2D eigenvalue weighted by Gasteiger charge is -2.25. The van der Waals surface area contributed by atoms with Crippen LogP contribution in [0.25, 0.3) is 5.76 Å². The van der Waals surface area contributed by atoms with E-state index in [4.69, 9.17) is 14.2 Å².